The monoisotopic (exact) mass is 325 g/mol. The summed E-state index contributed by atoms with van der Waals surface area (Å²) in [4.78, 5) is 22.1. The van der Waals surface area contributed by atoms with Crippen molar-refractivity contribution in [3.63, 3.8) is 0 Å². The van der Waals surface area contributed by atoms with Crippen LogP contribution < -0.4 is 11.1 Å². The van der Waals surface area contributed by atoms with E-state index in [1.807, 2.05) is 18.2 Å². The van der Waals surface area contributed by atoms with Crippen LogP contribution in [0, 0.1) is 10.1 Å². The van der Waals surface area contributed by atoms with Crippen LogP contribution in [0.5, 0.6) is 0 Å². The smallest absolute Gasteiger partial charge is 0.295 e. The Morgan fingerprint density at radius 2 is 1.75 bits per heavy atom. The lowest BCUT2D eigenvalue weighted by atomic mass is 10.2. The zero-order valence-electron chi connectivity index (χ0n) is 13.1. The number of nitro groups is 1. The number of aryl methyl sites for hydroxylation is 2. The highest BCUT2D eigenvalue weighted by Gasteiger charge is 2.07. The lowest BCUT2D eigenvalue weighted by molar-refractivity contribution is -0.384. The van der Waals surface area contributed by atoms with Crippen molar-refractivity contribution in [1.82, 2.24) is 9.13 Å². The first-order valence-corrected chi connectivity index (χ1v) is 7.16. The number of nitrogens with one attached hydrogen (secondary N) is 1. The molecule has 2 aromatic carbocycles. The third-order valence-corrected chi connectivity index (χ3v) is 3.78. The summed E-state index contributed by atoms with van der Waals surface area (Å²) in [6.45, 7) is 0. The third kappa shape index (κ3) is 2.76. The van der Waals surface area contributed by atoms with Crippen molar-refractivity contribution in [2.45, 2.75) is 0 Å². The highest BCUT2D eigenvalue weighted by atomic mass is 16.6. The Labute approximate surface area is 136 Å². The van der Waals surface area contributed by atoms with Gasteiger partial charge in [0.15, 0.2) is 0 Å². The maximum Gasteiger partial charge on any atom is 0.328 e. The van der Waals surface area contributed by atoms with Crippen LogP contribution in [0.15, 0.2) is 52.4 Å². The van der Waals surface area contributed by atoms with E-state index >= 15 is 0 Å². The highest BCUT2D eigenvalue weighted by Crippen LogP contribution is 2.16. The summed E-state index contributed by atoms with van der Waals surface area (Å²) in [7, 11) is 3.45. The zero-order valence-corrected chi connectivity index (χ0v) is 13.1. The molecule has 122 valence electrons. The van der Waals surface area contributed by atoms with Crippen LogP contribution in [0.1, 0.15) is 5.56 Å². The molecule has 3 aromatic rings. The summed E-state index contributed by atoms with van der Waals surface area (Å²) in [5.74, 6) is 0. The summed E-state index contributed by atoms with van der Waals surface area (Å²) >= 11 is 0. The SMILES string of the molecule is Cn1c(=O)n(C)c2cc(C=NNc3ccc([N+](=O)[O-])cc3)ccc21. The number of aromatic nitrogens is 2. The van der Waals surface area contributed by atoms with E-state index in [2.05, 4.69) is 10.5 Å². The van der Waals surface area contributed by atoms with Crippen molar-refractivity contribution in [3.8, 4) is 0 Å². The predicted octanol–water partition coefficient (Wildman–Crippen LogP) is 2.23. The molecular weight excluding hydrogens is 310 g/mol. The van der Waals surface area contributed by atoms with E-state index in [-0.39, 0.29) is 11.4 Å². The van der Waals surface area contributed by atoms with Gasteiger partial charge in [-0.3, -0.25) is 24.7 Å². The minimum absolute atomic E-state index is 0.0278. The molecule has 8 heteroatoms. The number of imidazole rings is 1. The van der Waals surface area contributed by atoms with Crippen LogP contribution in [0.2, 0.25) is 0 Å². The summed E-state index contributed by atoms with van der Waals surface area (Å²) in [6, 6.07) is 11.6. The molecule has 0 atom stereocenters. The summed E-state index contributed by atoms with van der Waals surface area (Å²) in [5.41, 5.74) is 5.91. The minimum Gasteiger partial charge on any atom is -0.295 e. The molecule has 1 heterocycles. The highest BCUT2D eigenvalue weighted by molar-refractivity contribution is 5.87. The van der Waals surface area contributed by atoms with E-state index in [1.54, 1.807) is 41.6 Å². The zero-order chi connectivity index (χ0) is 17.3. The summed E-state index contributed by atoms with van der Waals surface area (Å²) < 4.78 is 3.17. The molecule has 0 aliphatic heterocycles. The number of nitrogens with zero attached hydrogens (tertiary/aromatic N) is 4. The van der Waals surface area contributed by atoms with Crippen molar-refractivity contribution in [2.24, 2.45) is 19.2 Å². The molecule has 0 amide bonds. The predicted molar refractivity (Wildman–Crippen MR) is 92.5 cm³/mol. The molecule has 0 unspecified atom stereocenters. The van der Waals surface area contributed by atoms with Gasteiger partial charge in [-0.1, -0.05) is 6.07 Å². The third-order valence-electron chi connectivity index (χ3n) is 3.78. The Morgan fingerprint density at radius 1 is 1.08 bits per heavy atom. The first-order chi connectivity index (χ1) is 11.5. The first kappa shape index (κ1) is 15.5. The molecule has 0 bridgehead atoms. The van der Waals surface area contributed by atoms with Gasteiger partial charge in [0, 0.05) is 26.2 Å². The van der Waals surface area contributed by atoms with E-state index < -0.39 is 4.92 Å². The van der Waals surface area contributed by atoms with Gasteiger partial charge in [-0.15, -0.1) is 0 Å². The molecule has 0 saturated heterocycles. The largest absolute Gasteiger partial charge is 0.328 e. The molecule has 24 heavy (non-hydrogen) atoms. The number of hydrogen-bond donors (Lipinski definition) is 1. The van der Waals surface area contributed by atoms with Crippen molar-refractivity contribution in [3.05, 3.63) is 68.6 Å². The van der Waals surface area contributed by atoms with Crippen molar-refractivity contribution < 1.29 is 4.92 Å². The van der Waals surface area contributed by atoms with E-state index in [1.165, 1.54) is 12.1 Å². The molecule has 3 rings (SSSR count). The van der Waals surface area contributed by atoms with Gasteiger partial charge in [0.05, 0.1) is 27.9 Å². The van der Waals surface area contributed by atoms with Gasteiger partial charge < -0.3 is 0 Å². The molecule has 0 aliphatic rings. The van der Waals surface area contributed by atoms with Crippen LogP contribution in [-0.4, -0.2) is 20.3 Å². The quantitative estimate of drug-likeness (QED) is 0.452. The van der Waals surface area contributed by atoms with Crippen molar-refractivity contribution in [1.29, 1.82) is 0 Å². The topological polar surface area (TPSA) is 94.5 Å². The molecule has 0 radical (unpaired) electrons. The molecule has 0 aliphatic carbocycles. The maximum absolute atomic E-state index is 11.9. The normalized spacial score (nSPS) is 11.2. The molecule has 0 fully saturated rings. The second-order valence-electron chi connectivity index (χ2n) is 5.32. The Morgan fingerprint density at radius 3 is 2.42 bits per heavy atom. The second-order valence-corrected chi connectivity index (χ2v) is 5.32. The van der Waals surface area contributed by atoms with E-state index in [4.69, 9.17) is 0 Å². The van der Waals surface area contributed by atoms with Crippen molar-refractivity contribution >= 4 is 28.6 Å². The van der Waals surface area contributed by atoms with Gasteiger partial charge >= 0.3 is 5.69 Å². The van der Waals surface area contributed by atoms with Crippen molar-refractivity contribution in [2.75, 3.05) is 5.43 Å². The van der Waals surface area contributed by atoms with Gasteiger partial charge in [0.1, 0.15) is 0 Å². The summed E-state index contributed by atoms with van der Waals surface area (Å²) in [6.07, 6.45) is 1.62. The van der Waals surface area contributed by atoms with Crippen LogP contribution in [-0.2, 0) is 14.1 Å². The standard InChI is InChI=1S/C16H15N5O3/c1-19-14-8-3-11(9-15(14)20(2)16(19)22)10-17-18-12-4-6-13(7-5-12)21(23)24/h3-10,18H,1-2H3. The molecule has 0 saturated carbocycles. The Balaban J connectivity index is 1.79. The lowest BCUT2D eigenvalue weighted by Crippen LogP contribution is -2.19. The molecule has 8 nitrogen and oxygen atoms in total. The average Bonchev–Trinajstić information content (AvgIpc) is 2.80. The number of hydrogen-bond acceptors (Lipinski definition) is 5. The second kappa shape index (κ2) is 5.99. The number of rotatable bonds is 4. The minimum atomic E-state index is -0.452. The average molecular weight is 325 g/mol. The van der Waals surface area contributed by atoms with Crippen LogP contribution >= 0.6 is 0 Å². The Kier molecular flexibility index (Phi) is 3.87. The van der Waals surface area contributed by atoms with E-state index in [9.17, 15) is 14.9 Å². The number of benzene rings is 2. The van der Waals surface area contributed by atoms with Crippen LogP contribution in [0.25, 0.3) is 11.0 Å². The molecule has 0 spiro atoms. The molecular formula is C16H15N5O3. The lowest BCUT2D eigenvalue weighted by Gasteiger charge is -2.00. The van der Waals surface area contributed by atoms with Gasteiger partial charge in [0.25, 0.3) is 5.69 Å². The Hall–Kier alpha value is -3.42. The van der Waals surface area contributed by atoms with Gasteiger partial charge in [-0.05, 0) is 29.8 Å². The van der Waals surface area contributed by atoms with Gasteiger partial charge in [0.2, 0.25) is 0 Å². The first-order valence-electron chi connectivity index (χ1n) is 7.16. The number of nitro benzene ring substituents is 1. The van der Waals surface area contributed by atoms with Crippen LogP contribution in [0.3, 0.4) is 0 Å². The fourth-order valence-electron chi connectivity index (χ4n) is 2.44. The number of non-ortho nitro benzene ring substituents is 1. The van der Waals surface area contributed by atoms with Gasteiger partial charge in [-0.25, -0.2) is 4.79 Å². The number of fused-ring (bicyclic) bond motifs is 1. The number of anilines is 1. The van der Waals surface area contributed by atoms with E-state index in [0.717, 1.165) is 16.6 Å². The molecule has 1 aromatic heterocycles. The Bertz CT molecular complexity index is 999. The fraction of sp³-hybridized carbons (Fsp3) is 0.125. The fourth-order valence-corrected chi connectivity index (χ4v) is 2.44. The molecule has 1 N–H and O–H groups in total. The summed E-state index contributed by atoms with van der Waals surface area (Å²) in [5, 5.41) is 14.7. The number of hydrazone groups is 1. The van der Waals surface area contributed by atoms with Crippen LogP contribution in [0.4, 0.5) is 11.4 Å². The van der Waals surface area contributed by atoms with E-state index in [0.29, 0.717) is 5.69 Å². The van der Waals surface area contributed by atoms with Gasteiger partial charge in [-0.2, -0.15) is 5.10 Å². The maximum atomic E-state index is 11.9.